The predicted molar refractivity (Wildman–Crippen MR) is 76.2 cm³/mol. The third-order valence-electron chi connectivity index (χ3n) is 1.64. The largest absolute Gasteiger partial charge is 0.358 e. The molecule has 0 saturated heterocycles. The number of anilines is 1. The molecular weight excluding hydrogens is 423 g/mol. The maximum absolute atomic E-state index is 3.95. The average Bonchev–Trinajstić information content (AvgIpc) is 2.17. The topological polar surface area (TPSA) is 24.9 Å². The first kappa shape index (κ1) is 12.4. The number of pyridine rings is 1. The average molecular weight is 432 g/mol. The predicted octanol–water partition coefficient (Wildman–Crippen LogP) is 4.28. The van der Waals surface area contributed by atoms with Gasteiger partial charge in [0.1, 0.15) is 0 Å². The van der Waals surface area contributed by atoms with Crippen molar-refractivity contribution in [3.8, 4) is 0 Å². The van der Waals surface area contributed by atoms with Crippen LogP contribution < -0.4 is 5.32 Å². The lowest BCUT2D eigenvalue weighted by atomic mass is 10.3. The van der Waals surface area contributed by atoms with E-state index in [9.17, 15) is 0 Å². The molecule has 2 nitrogen and oxygen atoms in total. The number of alkyl halides is 2. The molecule has 5 heteroatoms. The van der Waals surface area contributed by atoms with Crippen molar-refractivity contribution in [2.24, 2.45) is 0 Å². The van der Waals surface area contributed by atoms with Crippen LogP contribution in [0.15, 0.2) is 34.2 Å². The Bertz CT molecular complexity index is 325. The highest BCUT2D eigenvalue weighted by atomic mass is 127. The number of nitrogens with zero attached hydrogens (tertiary/aromatic N) is 1. The molecule has 0 spiro atoms. The van der Waals surface area contributed by atoms with Gasteiger partial charge in [-0.2, -0.15) is 0 Å². The summed E-state index contributed by atoms with van der Waals surface area (Å²) in [5, 5.41) is 3.29. The van der Waals surface area contributed by atoms with E-state index in [0.29, 0.717) is 0 Å². The normalized spacial score (nSPS) is 12.7. The second kappa shape index (κ2) is 5.46. The highest BCUT2D eigenvalue weighted by Gasteiger charge is 2.23. The first-order valence-electron chi connectivity index (χ1n) is 3.90. The van der Waals surface area contributed by atoms with E-state index < -0.39 is 0 Å². The fourth-order valence-corrected chi connectivity index (χ4v) is 2.79. The minimum atomic E-state index is -0.386. The number of rotatable bonds is 3. The Morgan fingerprint density at radius 1 is 1.50 bits per heavy atom. The Morgan fingerprint density at radius 3 is 2.57 bits per heavy atom. The first-order chi connectivity index (χ1) is 6.56. The van der Waals surface area contributed by atoms with Crippen molar-refractivity contribution < 1.29 is 0 Å². The lowest BCUT2D eigenvalue weighted by Crippen LogP contribution is -2.24. The van der Waals surface area contributed by atoms with Crippen LogP contribution in [0.4, 0.5) is 5.69 Å². The van der Waals surface area contributed by atoms with Gasteiger partial charge in [0.15, 0.2) is 3.36 Å². The van der Waals surface area contributed by atoms with E-state index in [4.69, 9.17) is 0 Å². The number of hydrogen-bond donors (Lipinski definition) is 1. The fraction of sp³-hybridized carbons (Fsp3) is 0.222. The standard InChI is InChI=1S/C9H9Br2IN2/c1-7(6-12)9(10,11)14-8-2-4-13-5-3-8/h2-6H,1H3,(H,13,14)/b7-6+. The number of aromatic nitrogens is 1. The Kier molecular flexibility index (Phi) is 4.86. The van der Waals surface area contributed by atoms with Crippen LogP contribution in [0.3, 0.4) is 0 Å². The molecule has 1 aromatic heterocycles. The van der Waals surface area contributed by atoms with Crippen LogP contribution in [0.5, 0.6) is 0 Å². The lowest BCUT2D eigenvalue weighted by Gasteiger charge is -2.23. The van der Waals surface area contributed by atoms with Gasteiger partial charge in [-0.25, -0.2) is 0 Å². The molecule has 0 aliphatic rings. The van der Waals surface area contributed by atoms with Gasteiger partial charge in [-0.1, -0.05) is 22.6 Å². The van der Waals surface area contributed by atoms with Crippen LogP contribution in [-0.2, 0) is 0 Å². The van der Waals surface area contributed by atoms with E-state index >= 15 is 0 Å². The third-order valence-corrected chi connectivity index (χ3v) is 4.22. The molecule has 76 valence electrons. The summed E-state index contributed by atoms with van der Waals surface area (Å²) in [6, 6.07) is 3.83. The summed E-state index contributed by atoms with van der Waals surface area (Å²) >= 11 is 9.32. The van der Waals surface area contributed by atoms with Crippen LogP contribution >= 0.6 is 54.5 Å². The minimum absolute atomic E-state index is 0.386. The van der Waals surface area contributed by atoms with E-state index in [1.54, 1.807) is 12.4 Å². The lowest BCUT2D eigenvalue weighted by molar-refractivity contribution is 1.10. The summed E-state index contributed by atoms with van der Waals surface area (Å²) in [5.41, 5.74) is 2.15. The van der Waals surface area contributed by atoms with Gasteiger partial charge in [0.25, 0.3) is 0 Å². The molecule has 1 rings (SSSR count). The molecule has 0 aliphatic heterocycles. The quantitative estimate of drug-likeness (QED) is 0.439. The van der Waals surface area contributed by atoms with E-state index in [0.717, 1.165) is 11.3 Å². The molecule has 0 unspecified atom stereocenters. The van der Waals surface area contributed by atoms with Gasteiger partial charge in [0, 0.05) is 18.1 Å². The second-order valence-corrected chi connectivity index (χ2v) is 6.79. The first-order valence-corrected chi connectivity index (χ1v) is 6.73. The van der Waals surface area contributed by atoms with Crippen molar-refractivity contribution in [1.29, 1.82) is 0 Å². The van der Waals surface area contributed by atoms with Crippen LogP contribution in [0.1, 0.15) is 6.92 Å². The summed E-state index contributed by atoms with van der Waals surface area (Å²) in [5.74, 6) is 0. The van der Waals surface area contributed by atoms with Crippen molar-refractivity contribution >= 4 is 60.1 Å². The molecule has 14 heavy (non-hydrogen) atoms. The smallest absolute Gasteiger partial charge is 0.171 e. The summed E-state index contributed by atoms with van der Waals surface area (Å²) in [6.07, 6.45) is 3.50. The molecule has 0 aromatic carbocycles. The van der Waals surface area contributed by atoms with Gasteiger partial charge in [-0.15, -0.1) is 0 Å². The van der Waals surface area contributed by atoms with Crippen molar-refractivity contribution in [2.45, 2.75) is 10.3 Å². The summed E-state index contributed by atoms with van der Waals surface area (Å²) < 4.78 is 1.62. The van der Waals surface area contributed by atoms with E-state index in [1.807, 2.05) is 23.1 Å². The highest BCUT2D eigenvalue weighted by Crippen LogP contribution is 2.35. The maximum Gasteiger partial charge on any atom is 0.171 e. The molecule has 0 saturated carbocycles. The number of hydrogen-bond acceptors (Lipinski definition) is 2. The van der Waals surface area contributed by atoms with Crippen molar-refractivity contribution in [3.05, 3.63) is 34.2 Å². The monoisotopic (exact) mass is 430 g/mol. The van der Waals surface area contributed by atoms with Gasteiger partial charge in [-0.3, -0.25) is 4.98 Å². The van der Waals surface area contributed by atoms with Crippen LogP contribution in [0, 0.1) is 0 Å². The molecule has 1 aromatic rings. The van der Waals surface area contributed by atoms with E-state index in [2.05, 4.69) is 64.8 Å². The molecule has 0 aliphatic carbocycles. The Morgan fingerprint density at radius 2 is 2.07 bits per heavy atom. The van der Waals surface area contributed by atoms with Gasteiger partial charge < -0.3 is 5.32 Å². The number of halogens is 3. The van der Waals surface area contributed by atoms with Crippen molar-refractivity contribution in [3.63, 3.8) is 0 Å². The summed E-state index contributed by atoms with van der Waals surface area (Å²) in [7, 11) is 0. The molecule has 0 radical (unpaired) electrons. The van der Waals surface area contributed by atoms with Gasteiger partial charge >= 0.3 is 0 Å². The Balaban J connectivity index is 2.79. The molecule has 1 N–H and O–H groups in total. The van der Waals surface area contributed by atoms with Crippen LogP contribution in [-0.4, -0.2) is 8.34 Å². The van der Waals surface area contributed by atoms with Gasteiger partial charge in [0.2, 0.25) is 0 Å². The number of nitrogens with one attached hydrogen (secondary N) is 1. The van der Waals surface area contributed by atoms with Gasteiger partial charge in [-0.05, 0) is 60.6 Å². The molecule has 0 atom stereocenters. The zero-order valence-electron chi connectivity index (χ0n) is 7.47. The fourth-order valence-electron chi connectivity index (χ4n) is 0.784. The Hall–Kier alpha value is 0.380. The molecule has 0 bridgehead atoms. The van der Waals surface area contributed by atoms with Crippen LogP contribution in [0.25, 0.3) is 0 Å². The minimum Gasteiger partial charge on any atom is -0.358 e. The maximum atomic E-state index is 3.95. The van der Waals surface area contributed by atoms with Crippen molar-refractivity contribution in [2.75, 3.05) is 5.32 Å². The van der Waals surface area contributed by atoms with Crippen molar-refractivity contribution in [1.82, 2.24) is 4.98 Å². The highest BCUT2D eigenvalue weighted by molar-refractivity contribution is 14.1. The second-order valence-electron chi connectivity index (χ2n) is 2.73. The SMILES string of the molecule is C/C(=C\I)C(Br)(Br)Nc1ccncc1. The molecule has 0 fully saturated rings. The third kappa shape index (κ3) is 3.51. The Labute approximate surface area is 114 Å². The summed E-state index contributed by atoms with van der Waals surface area (Å²) in [4.78, 5) is 3.95. The molecule has 1 heterocycles. The zero-order valence-corrected chi connectivity index (χ0v) is 12.8. The zero-order chi connectivity index (χ0) is 10.6. The van der Waals surface area contributed by atoms with Gasteiger partial charge in [0.05, 0.1) is 0 Å². The van der Waals surface area contributed by atoms with E-state index in [1.165, 1.54) is 0 Å². The molecular formula is C9H9Br2IN2. The van der Waals surface area contributed by atoms with Crippen LogP contribution in [0.2, 0.25) is 0 Å². The summed E-state index contributed by atoms with van der Waals surface area (Å²) in [6.45, 7) is 2.03. The molecule has 0 amide bonds. The van der Waals surface area contributed by atoms with E-state index in [-0.39, 0.29) is 3.36 Å².